The lowest BCUT2D eigenvalue weighted by Crippen LogP contribution is -2.30. The molecule has 0 aromatic heterocycles. The predicted molar refractivity (Wildman–Crippen MR) is 37.1 cm³/mol. The van der Waals surface area contributed by atoms with Crippen LogP contribution >= 0.6 is 0 Å². The maximum atomic E-state index is 5.54. The summed E-state index contributed by atoms with van der Waals surface area (Å²) in [5, 5.41) is 0. The molecule has 1 heterocycles. The fraction of sp³-hybridized carbons (Fsp3) is 1.00. The minimum Gasteiger partial charge on any atom is -0.381 e. The molecule has 0 aromatic rings. The highest BCUT2D eigenvalue weighted by Gasteiger charge is 2.19. The van der Waals surface area contributed by atoms with Crippen LogP contribution in [0.2, 0.25) is 0 Å². The Morgan fingerprint density at radius 3 is 2.89 bits per heavy atom. The molecule has 0 aliphatic carbocycles. The van der Waals surface area contributed by atoms with E-state index in [0.717, 1.165) is 26.2 Å². The Hall–Kier alpha value is -0.0800. The van der Waals surface area contributed by atoms with Crippen molar-refractivity contribution in [2.75, 3.05) is 19.8 Å². The summed E-state index contributed by atoms with van der Waals surface area (Å²) >= 11 is 0. The van der Waals surface area contributed by atoms with Gasteiger partial charge in [0, 0.05) is 13.2 Å². The maximum absolute atomic E-state index is 5.54. The Morgan fingerprint density at radius 2 is 2.44 bits per heavy atom. The summed E-state index contributed by atoms with van der Waals surface area (Å²) < 4.78 is 5.26. The Morgan fingerprint density at radius 1 is 1.67 bits per heavy atom. The highest BCUT2D eigenvalue weighted by Crippen LogP contribution is 2.19. The molecule has 54 valence electrons. The molecule has 0 saturated carbocycles. The first kappa shape index (κ1) is 7.03. The van der Waals surface area contributed by atoms with E-state index in [1.807, 2.05) is 0 Å². The van der Waals surface area contributed by atoms with Crippen LogP contribution in [-0.2, 0) is 4.74 Å². The molecule has 0 spiro atoms. The molecule has 0 unspecified atom stereocenters. The Balaban J connectivity index is 2.30. The zero-order valence-electron chi connectivity index (χ0n) is 5.97. The first-order valence-electron chi connectivity index (χ1n) is 3.62. The second-order valence-electron chi connectivity index (χ2n) is 2.84. The molecular weight excluding hydrogens is 114 g/mol. The Labute approximate surface area is 56.4 Å². The zero-order chi connectivity index (χ0) is 6.69. The third-order valence-electron chi connectivity index (χ3n) is 2.12. The first-order chi connectivity index (χ1) is 4.34. The average molecular weight is 129 g/mol. The molecule has 1 aliphatic heterocycles. The van der Waals surface area contributed by atoms with Gasteiger partial charge in [0.05, 0.1) is 0 Å². The number of rotatable bonds is 1. The van der Waals surface area contributed by atoms with Gasteiger partial charge >= 0.3 is 0 Å². The largest absolute Gasteiger partial charge is 0.381 e. The summed E-state index contributed by atoms with van der Waals surface area (Å²) in [4.78, 5) is 0. The van der Waals surface area contributed by atoms with Crippen molar-refractivity contribution in [2.45, 2.75) is 13.3 Å². The van der Waals surface area contributed by atoms with Gasteiger partial charge < -0.3 is 10.5 Å². The average Bonchev–Trinajstić information content (AvgIpc) is 1.89. The molecule has 0 aromatic carbocycles. The second kappa shape index (κ2) is 3.18. The monoisotopic (exact) mass is 129 g/mol. The Kier molecular flexibility index (Phi) is 2.49. The number of hydrogen-bond donors (Lipinski definition) is 1. The summed E-state index contributed by atoms with van der Waals surface area (Å²) in [6, 6.07) is 0. The summed E-state index contributed by atoms with van der Waals surface area (Å²) in [7, 11) is 0. The van der Waals surface area contributed by atoms with Crippen molar-refractivity contribution in [3.63, 3.8) is 0 Å². The van der Waals surface area contributed by atoms with Crippen molar-refractivity contribution in [3.05, 3.63) is 0 Å². The first-order valence-corrected chi connectivity index (χ1v) is 3.62. The van der Waals surface area contributed by atoms with E-state index >= 15 is 0 Å². The second-order valence-corrected chi connectivity index (χ2v) is 2.84. The van der Waals surface area contributed by atoms with Crippen LogP contribution in [0.25, 0.3) is 0 Å². The fourth-order valence-corrected chi connectivity index (χ4v) is 1.27. The zero-order valence-corrected chi connectivity index (χ0v) is 5.97. The third-order valence-corrected chi connectivity index (χ3v) is 2.12. The fourth-order valence-electron chi connectivity index (χ4n) is 1.27. The lowest BCUT2D eigenvalue weighted by molar-refractivity contribution is 0.0272. The van der Waals surface area contributed by atoms with Crippen molar-refractivity contribution in [3.8, 4) is 0 Å². The van der Waals surface area contributed by atoms with Gasteiger partial charge in [0.25, 0.3) is 0 Å². The quantitative estimate of drug-likeness (QED) is 0.563. The van der Waals surface area contributed by atoms with E-state index < -0.39 is 0 Å². The summed E-state index contributed by atoms with van der Waals surface area (Å²) in [5.41, 5.74) is 5.54. The van der Waals surface area contributed by atoms with E-state index in [1.165, 1.54) is 0 Å². The van der Waals surface area contributed by atoms with Gasteiger partial charge in [-0.1, -0.05) is 6.92 Å². The highest BCUT2D eigenvalue weighted by atomic mass is 16.5. The van der Waals surface area contributed by atoms with E-state index in [9.17, 15) is 0 Å². The highest BCUT2D eigenvalue weighted by molar-refractivity contribution is 4.70. The van der Waals surface area contributed by atoms with Gasteiger partial charge in [-0.3, -0.25) is 0 Å². The molecule has 0 bridgehead atoms. The van der Waals surface area contributed by atoms with Crippen molar-refractivity contribution in [1.82, 2.24) is 0 Å². The van der Waals surface area contributed by atoms with Crippen molar-refractivity contribution in [1.29, 1.82) is 0 Å². The van der Waals surface area contributed by atoms with E-state index in [2.05, 4.69) is 6.92 Å². The third kappa shape index (κ3) is 1.66. The van der Waals surface area contributed by atoms with Crippen LogP contribution < -0.4 is 5.73 Å². The summed E-state index contributed by atoms with van der Waals surface area (Å²) in [5.74, 6) is 1.38. The topological polar surface area (TPSA) is 35.2 Å². The van der Waals surface area contributed by atoms with Crippen LogP contribution in [0.3, 0.4) is 0 Å². The molecule has 2 N–H and O–H groups in total. The van der Waals surface area contributed by atoms with Crippen molar-refractivity contribution >= 4 is 0 Å². The predicted octanol–water partition coefficient (Wildman–Crippen LogP) is 0.618. The molecule has 1 saturated heterocycles. The van der Waals surface area contributed by atoms with E-state index in [1.54, 1.807) is 0 Å². The molecule has 9 heavy (non-hydrogen) atoms. The molecule has 2 atom stereocenters. The number of nitrogens with two attached hydrogens (primary N) is 1. The van der Waals surface area contributed by atoms with Crippen LogP contribution in [0, 0.1) is 11.8 Å². The van der Waals surface area contributed by atoms with Crippen LogP contribution in [0.1, 0.15) is 13.3 Å². The molecule has 0 radical (unpaired) electrons. The minimum absolute atomic E-state index is 0.670. The molecule has 2 nitrogen and oxygen atoms in total. The SMILES string of the molecule is C[C@@H]1COCC[C@@H]1CN. The van der Waals surface area contributed by atoms with Gasteiger partial charge in [-0.15, -0.1) is 0 Å². The maximum Gasteiger partial charge on any atom is 0.0494 e. The van der Waals surface area contributed by atoms with Crippen LogP contribution in [-0.4, -0.2) is 19.8 Å². The van der Waals surface area contributed by atoms with E-state index in [0.29, 0.717) is 11.8 Å². The van der Waals surface area contributed by atoms with Crippen molar-refractivity contribution < 1.29 is 4.74 Å². The van der Waals surface area contributed by atoms with Crippen molar-refractivity contribution in [2.24, 2.45) is 17.6 Å². The minimum atomic E-state index is 0.670. The number of ether oxygens (including phenoxy) is 1. The van der Waals surface area contributed by atoms with Gasteiger partial charge in [0.1, 0.15) is 0 Å². The molecular formula is C7H15NO. The van der Waals surface area contributed by atoms with Gasteiger partial charge in [-0.25, -0.2) is 0 Å². The Bertz CT molecular complexity index is 85.0. The van der Waals surface area contributed by atoms with Crippen LogP contribution in [0.15, 0.2) is 0 Å². The molecule has 2 heteroatoms. The van der Waals surface area contributed by atoms with Gasteiger partial charge in [0.15, 0.2) is 0 Å². The lowest BCUT2D eigenvalue weighted by Gasteiger charge is -2.27. The molecule has 0 amide bonds. The summed E-state index contributed by atoms with van der Waals surface area (Å²) in [6.07, 6.45) is 1.15. The van der Waals surface area contributed by atoms with E-state index in [-0.39, 0.29) is 0 Å². The van der Waals surface area contributed by atoms with Crippen LogP contribution in [0.5, 0.6) is 0 Å². The lowest BCUT2D eigenvalue weighted by atomic mass is 9.90. The molecule has 1 fully saturated rings. The van der Waals surface area contributed by atoms with Gasteiger partial charge in [-0.2, -0.15) is 0 Å². The molecule has 1 aliphatic rings. The number of hydrogen-bond acceptors (Lipinski definition) is 2. The smallest absolute Gasteiger partial charge is 0.0494 e. The normalized spacial score (nSPS) is 36.7. The standard InChI is InChI=1S/C7H15NO/c1-6-5-9-3-2-7(6)4-8/h6-7H,2-5,8H2,1H3/t6-,7-/m1/s1. The van der Waals surface area contributed by atoms with Gasteiger partial charge in [-0.05, 0) is 24.8 Å². The van der Waals surface area contributed by atoms with Gasteiger partial charge in [0.2, 0.25) is 0 Å². The van der Waals surface area contributed by atoms with E-state index in [4.69, 9.17) is 10.5 Å². The van der Waals surface area contributed by atoms with Crippen LogP contribution in [0.4, 0.5) is 0 Å². The molecule has 1 rings (SSSR count). The summed E-state index contributed by atoms with van der Waals surface area (Å²) in [6.45, 7) is 4.84.